The molecule has 10 aromatic carbocycles. The average Bonchev–Trinajstić information content (AvgIpc) is 3.97. The molecule has 0 saturated heterocycles. The van der Waals surface area contributed by atoms with Crippen LogP contribution in [0, 0.1) is 0 Å². The number of aromatic nitrogens is 1. The van der Waals surface area contributed by atoms with Gasteiger partial charge in [0.15, 0.2) is 0 Å². The summed E-state index contributed by atoms with van der Waals surface area (Å²) in [6, 6.07) is 87.7. The van der Waals surface area contributed by atoms with E-state index in [9.17, 15) is 0 Å². The zero-order valence-corrected chi connectivity index (χ0v) is 39.7. The summed E-state index contributed by atoms with van der Waals surface area (Å²) in [6.45, 7) is 0. The molecule has 326 valence electrons. The van der Waals surface area contributed by atoms with Crippen molar-refractivity contribution in [3.63, 3.8) is 0 Å². The van der Waals surface area contributed by atoms with Gasteiger partial charge in [0.25, 0.3) is 0 Å². The van der Waals surface area contributed by atoms with E-state index >= 15 is 0 Å². The normalized spacial score (nSPS) is 12.6. The number of nitrogens with zero attached hydrogens (tertiary/aromatic N) is 2. The molecule has 1 aliphatic rings. The largest absolute Gasteiger partial charge is 0.456 e. The number of hydrogen-bond donors (Lipinski definition) is 0. The second-order valence-corrected chi connectivity index (χ2v) is 19.8. The first-order valence-electron chi connectivity index (χ1n) is 23.4. The van der Waals surface area contributed by atoms with E-state index in [1.807, 2.05) is 12.1 Å². The molecule has 0 radical (unpaired) electrons. The molecule has 3 nitrogen and oxygen atoms in total. The van der Waals surface area contributed by atoms with Crippen molar-refractivity contribution in [2.45, 2.75) is 0 Å². The fourth-order valence-electron chi connectivity index (χ4n) is 9.98. The van der Waals surface area contributed by atoms with Crippen molar-refractivity contribution in [2.75, 3.05) is 4.90 Å². The van der Waals surface area contributed by atoms with Crippen LogP contribution in [-0.2, 0) is 0 Å². The number of fused-ring (bicyclic) bond motifs is 6. The van der Waals surface area contributed by atoms with Crippen LogP contribution < -0.4 is 4.90 Å². The quantitative estimate of drug-likeness (QED) is 0.134. The summed E-state index contributed by atoms with van der Waals surface area (Å²) in [5, 5.41) is 4.81. The first-order chi connectivity index (χ1) is 34.2. The molecule has 0 saturated carbocycles. The minimum Gasteiger partial charge on any atom is -0.456 e. The van der Waals surface area contributed by atoms with E-state index in [1.54, 1.807) is 0 Å². The molecular weight excluding hydrogens is 952 g/mol. The third-order valence-corrected chi connectivity index (χ3v) is 15.9. The van der Waals surface area contributed by atoms with Crippen LogP contribution in [0.4, 0.5) is 11.4 Å². The molecule has 69 heavy (non-hydrogen) atoms. The SMILES string of the molecule is C1=CC(N(c2ccc(-c3cccc(-c4ccc5c(c4)oc4ccccc45)c3)cc2)c2ccc(-c3ccccc3-n3c4ccccc4c4ccccc43)cc2)=IC=C1c1ccc(-c2ccccc2)cc1. The highest BCUT2D eigenvalue weighted by Crippen LogP contribution is 2.40. The van der Waals surface area contributed by atoms with Crippen molar-refractivity contribution in [1.82, 2.24) is 4.57 Å². The zero-order chi connectivity index (χ0) is 45.7. The standard InChI is InChI=1S/C65H43IN2O/c1-2-13-44(14-3-1)45-25-27-47(28-26-45)52-34-40-65(66-43-52)67(53-35-29-46(30-36-53)49-15-12-16-50(41-49)51-33-39-59-58-20-7-11-24-63(58)69-64(59)42-51)54-37-31-48(32-38-54)55-17-4-8-21-60(55)68-61-22-9-5-18-56(61)57-19-6-10-23-62(57)68/h1-43H. The summed E-state index contributed by atoms with van der Waals surface area (Å²) in [7, 11) is 0. The number of anilines is 2. The van der Waals surface area contributed by atoms with Crippen LogP contribution >= 0.6 is 20.7 Å². The molecule has 3 heterocycles. The van der Waals surface area contributed by atoms with Gasteiger partial charge in [-0.15, -0.1) is 0 Å². The predicted octanol–water partition coefficient (Wildman–Crippen LogP) is 18.2. The van der Waals surface area contributed by atoms with Gasteiger partial charge in [-0.3, -0.25) is 0 Å². The summed E-state index contributed by atoms with van der Waals surface area (Å²) in [6.07, 6.45) is 4.64. The van der Waals surface area contributed by atoms with Crippen molar-refractivity contribution < 1.29 is 4.42 Å². The van der Waals surface area contributed by atoms with E-state index in [4.69, 9.17) is 4.42 Å². The Kier molecular flexibility index (Phi) is 10.3. The van der Waals surface area contributed by atoms with Gasteiger partial charge in [-0.2, -0.15) is 0 Å². The van der Waals surface area contributed by atoms with E-state index in [0.717, 1.165) is 44.4 Å². The van der Waals surface area contributed by atoms with Crippen LogP contribution in [0.1, 0.15) is 5.56 Å². The third kappa shape index (κ3) is 7.50. The van der Waals surface area contributed by atoms with Gasteiger partial charge in [0.05, 0.1) is 20.4 Å². The fraction of sp³-hybridized carbons (Fsp3) is 0. The maximum Gasteiger partial charge on any atom is 0.136 e. The van der Waals surface area contributed by atoms with E-state index < -0.39 is 20.7 Å². The summed E-state index contributed by atoms with van der Waals surface area (Å²) in [4.78, 5) is 2.46. The Labute approximate surface area is 410 Å². The lowest BCUT2D eigenvalue weighted by molar-refractivity contribution is 0.669. The molecule has 2 aromatic heterocycles. The number of rotatable bonds is 9. The second-order valence-electron chi connectivity index (χ2n) is 17.5. The minimum atomic E-state index is -0.500. The summed E-state index contributed by atoms with van der Waals surface area (Å²) in [5.41, 5.74) is 19.6. The van der Waals surface area contributed by atoms with Gasteiger partial charge >= 0.3 is 0 Å². The second kappa shape index (κ2) is 17.4. The van der Waals surface area contributed by atoms with Gasteiger partial charge in [-0.1, -0.05) is 203 Å². The Hall–Kier alpha value is -8.32. The molecule has 12 aromatic rings. The molecular formula is C65H43IN2O. The van der Waals surface area contributed by atoms with Gasteiger partial charge in [0.2, 0.25) is 0 Å². The Morgan fingerprint density at radius 1 is 0.348 bits per heavy atom. The van der Waals surface area contributed by atoms with Crippen molar-refractivity contribution in [1.29, 1.82) is 0 Å². The van der Waals surface area contributed by atoms with Crippen molar-refractivity contribution >= 4 is 85.1 Å². The Balaban J connectivity index is 0.855. The molecule has 0 spiro atoms. The third-order valence-electron chi connectivity index (χ3n) is 13.4. The number of allylic oxidation sites excluding steroid dienone is 2. The van der Waals surface area contributed by atoms with E-state index in [1.165, 1.54) is 75.6 Å². The smallest absolute Gasteiger partial charge is 0.136 e. The lowest BCUT2D eigenvalue weighted by atomic mass is 9.98. The minimum absolute atomic E-state index is 0.500. The van der Waals surface area contributed by atoms with E-state index in [0.29, 0.717) is 0 Å². The van der Waals surface area contributed by atoms with Crippen LogP contribution in [0.2, 0.25) is 0 Å². The molecule has 4 heteroatoms. The summed E-state index contributed by atoms with van der Waals surface area (Å²) < 4.78 is 12.5. The molecule has 0 amide bonds. The first-order valence-corrected chi connectivity index (χ1v) is 25.7. The maximum absolute atomic E-state index is 6.26. The van der Waals surface area contributed by atoms with Gasteiger partial charge < -0.3 is 13.9 Å². The number of furan rings is 1. The number of halogens is 1. The lowest BCUT2D eigenvalue weighted by Crippen LogP contribution is -2.23. The summed E-state index contributed by atoms with van der Waals surface area (Å²) in [5.74, 6) is 0. The average molecular weight is 995 g/mol. The van der Waals surface area contributed by atoms with Gasteiger partial charge in [-0.05, 0) is 127 Å². The van der Waals surface area contributed by atoms with E-state index in [-0.39, 0.29) is 0 Å². The highest BCUT2D eigenvalue weighted by atomic mass is 127. The Bertz CT molecular complexity index is 3930. The topological polar surface area (TPSA) is 21.3 Å². The number of benzene rings is 10. The maximum atomic E-state index is 6.26. The Morgan fingerprint density at radius 3 is 1.57 bits per heavy atom. The van der Waals surface area contributed by atoms with E-state index in [2.05, 4.69) is 256 Å². The monoisotopic (exact) mass is 994 g/mol. The first kappa shape index (κ1) is 40.9. The number of para-hydroxylation sites is 4. The number of hydrogen-bond acceptors (Lipinski definition) is 2. The van der Waals surface area contributed by atoms with Crippen molar-refractivity contribution in [3.8, 4) is 50.2 Å². The molecule has 0 fully saturated rings. The summed E-state index contributed by atoms with van der Waals surface area (Å²) >= 11 is -0.500. The molecule has 1 aliphatic heterocycles. The van der Waals surface area contributed by atoms with Crippen LogP contribution in [0.5, 0.6) is 0 Å². The molecule has 0 unspecified atom stereocenters. The fourth-order valence-corrected chi connectivity index (χ4v) is 12.4. The molecule has 13 rings (SSSR count). The van der Waals surface area contributed by atoms with Gasteiger partial charge in [-0.25, -0.2) is 0 Å². The van der Waals surface area contributed by atoms with Crippen LogP contribution in [-0.4, -0.2) is 8.20 Å². The lowest BCUT2D eigenvalue weighted by Gasteiger charge is -2.27. The highest BCUT2D eigenvalue weighted by molar-refractivity contribution is 14.2. The predicted molar refractivity (Wildman–Crippen MR) is 301 cm³/mol. The molecule has 0 aliphatic carbocycles. The van der Waals surface area contributed by atoms with Crippen LogP contribution in [0.3, 0.4) is 0 Å². The van der Waals surface area contributed by atoms with Gasteiger partial charge in [0.1, 0.15) is 11.2 Å². The van der Waals surface area contributed by atoms with Gasteiger partial charge in [0, 0.05) is 38.5 Å². The molecule has 0 atom stereocenters. The highest BCUT2D eigenvalue weighted by Gasteiger charge is 2.19. The Morgan fingerprint density at radius 2 is 0.855 bits per heavy atom. The van der Waals surface area contributed by atoms with Crippen molar-refractivity contribution in [2.24, 2.45) is 0 Å². The van der Waals surface area contributed by atoms with Crippen LogP contribution in [0.15, 0.2) is 263 Å². The molecule has 0 bridgehead atoms. The molecule has 0 N–H and O–H groups in total. The van der Waals surface area contributed by atoms with Crippen molar-refractivity contribution in [3.05, 3.63) is 264 Å². The van der Waals surface area contributed by atoms with Crippen LogP contribution in [0.25, 0.3) is 99.5 Å². The zero-order valence-electron chi connectivity index (χ0n) is 37.5.